The third kappa shape index (κ3) is 17.8. The molecule has 0 bridgehead atoms. The van der Waals surface area contributed by atoms with E-state index in [1.807, 2.05) is 18.2 Å². The second-order valence-corrected chi connectivity index (χ2v) is 7.53. The van der Waals surface area contributed by atoms with E-state index in [0.29, 0.717) is 5.76 Å². The number of unbranched alkanes of at least 4 members (excludes halogenated alkanes) is 11. The molecule has 2 rings (SSSR count). The summed E-state index contributed by atoms with van der Waals surface area (Å²) < 4.78 is 4.81. The van der Waals surface area contributed by atoms with Crippen LogP contribution in [0, 0.1) is 0 Å². The summed E-state index contributed by atoms with van der Waals surface area (Å²) in [5.41, 5.74) is 0. The number of para-hydroxylation sites is 1. The van der Waals surface area contributed by atoms with Crippen molar-refractivity contribution in [2.75, 3.05) is 0 Å². The number of hydrogen-bond donors (Lipinski definition) is 1. The smallest absolute Gasteiger partial charge is 0.872 e. The van der Waals surface area contributed by atoms with Crippen LogP contribution in [0.1, 0.15) is 84.0 Å². The number of carboxylic acid groups (broad SMARTS) is 1. The molecule has 0 saturated carbocycles. The first-order valence-electron chi connectivity index (χ1n) is 11.4. The van der Waals surface area contributed by atoms with Crippen molar-refractivity contribution < 1.29 is 49.3 Å². The predicted molar refractivity (Wildman–Crippen MR) is 121 cm³/mol. The number of allylic oxidation sites excluding steroid dienone is 4. The molecule has 0 radical (unpaired) electrons. The zero-order chi connectivity index (χ0) is 21.9. The summed E-state index contributed by atoms with van der Waals surface area (Å²) in [7, 11) is 0. The van der Waals surface area contributed by atoms with Crippen molar-refractivity contribution >= 4 is 5.97 Å². The van der Waals surface area contributed by atoms with Gasteiger partial charge in [-0.3, -0.25) is 0 Å². The molecule has 0 spiro atoms. The van der Waals surface area contributed by atoms with Crippen LogP contribution in [-0.4, -0.2) is 11.1 Å². The summed E-state index contributed by atoms with van der Waals surface area (Å²) in [5.74, 6) is -0.381. The minimum Gasteiger partial charge on any atom is -0.872 e. The van der Waals surface area contributed by atoms with Gasteiger partial charge in [0.05, 0.1) is 0 Å². The standard InChI is InChI=1S/C20H32O3.C6H6O.Na/c1-2-3-4-5-6-7-8-9-10-11-12-13-14-15-16-17-18-19(23-18)20(21)22;7-6-4-2-1-3-5-6;/h14-17H,2-13H2,1H3,(H,21,22);1-5,7H;/q;;+1/p-1. The van der Waals surface area contributed by atoms with Gasteiger partial charge < -0.3 is 14.9 Å². The van der Waals surface area contributed by atoms with Gasteiger partial charge in [0.25, 0.3) is 5.76 Å². The van der Waals surface area contributed by atoms with E-state index in [0.717, 1.165) is 6.42 Å². The van der Waals surface area contributed by atoms with Crippen molar-refractivity contribution in [3.05, 3.63) is 66.2 Å². The average Bonchev–Trinajstić information content (AvgIpc) is 3.52. The molecule has 0 aromatic heterocycles. The normalized spacial score (nSPS) is 12.3. The molecule has 5 heteroatoms. The molecule has 1 N–H and O–H groups in total. The topological polar surface area (TPSA) is 72.9 Å². The molecule has 31 heavy (non-hydrogen) atoms. The number of carbonyl (C=O) groups is 1. The van der Waals surface area contributed by atoms with Gasteiger partial charge in [-0.1, -0.05) is 120 Å². The molecular weight excluding hydrogens is 399 g/mol. The maximum Gasteiger partial charge on any atom is 1.00 e. The van der Waals surface area contributed by atoms with Crippen LogP contribution in [0.25, 0.3) is 0 Å². The van der Waals surface area contributed by atoms with Gasteiger partial charge in [0.15, 0.2) is 5.76 Å². The summed E-state index contributed by atoms with van der Waals surface area (Å²) in [5, 5.41) is 18.9. The quantitative estimate of drug-likeness (QED) is 0.257. The summed E-state index contributed by atoms with van der Waals surface area (Å²) in [6, 6.07) is 8.33. The summed E-state index contributed by atoms with van der Waals surface area (Å²) in [4.78, 5) is 10.5. The number of rotatable bonds is 15. The van der Waals surface area contributed by atoms with Gasteiger partial charge >= 0.3 is 35.5 Å². The third-order valence-electron chi connectivity index (χ3n) is 4.80. The zero-order valence-electron chi connectivity index (χ0n) is 19.4. The van der Waals surface area contributed by atoms with E-state index in [1.165, 1.54) is 82.8 Å². The first-order valence-corrected chi connectivity index (χ1v) is 11.4. The van der Waals surface area contributed by atoms with Crippen LogP contribution < -0.4 is 34.7 Å². The van der Waals surface area contributed by atoms with Crippen molar-refractivity contribution in [3.63, 3.8) is 0 Å². The Morgan fingerprint density at radius 1 is 0.903 bits per heavy atom. The molecule has 1 aliphatic rings. The molecule has 0 atom stereocenters. The van der Waals surface area contributed by atoms with Crippen LogP contribution in [0.5, 0.6) is 5.75 Å². The number of aliphatic carboxylic acids is 1. The van der Waals surface area contributed by atoms with Gasteiger partial charge in [-0.25, -0.2) is 4.79 Å². The maximum atomic E-state index is 10.5. The minimum atomic E-state index is -0.991. The van der Waals surface area contributed by atoms with E-state index >= 15 is 0 Å². The molecule has 1 aromatic carbocycles. The van der Waals surface area contributed by atoms with E-state index < -0.39 is 5.97 Å². The molecular formula is C26H37NaO4. The first kappa shape index (κ1) is 29.5. The van der Waals surface area contributed by atoms with Gasteiger partial charge in [0.1, 0.15) is 0 Å². The van der Waals surface area contributed by atoms with E-state index in [-0.39, 0.29) is 41.1 Å². The number of ether oxygens (including phenoxy) is 1. The fourth-order valence-electron chi connectivity index (χ4n) is 3.01. The van der Waals surface area contributed by atoms with Crippen molar-refractivity contribution in [1.82, 2.24) is 0 Å². The molecule has 0 aliphatic carbocycles. The van der Waals surface area contributed by atoms with Crippen molar-refractivity contribution in [1.29, 1.82) is 0 Å². The SMILES string of the molecule is CCCCCCCCCCCCCC=CC=CC1=C(C(=O)O)O1.[Na+].[O-]c1ccccc1. The largest absolute Gasteiger partial charge is 1.00 e. The molecule has 0 unspecified atom stereocenters. The van der Waals surface area contributed by atoms with Crippen LogP contribution in [0.2, 0.25) is 0 Å². The van der Waals surface area contributed by atoms with Crippen LogP contribution in [-0.2, 0) is 9.53 Å². The Hall–Kier alpha value is -1.49. The fourth-order valence-corrected chi connectivity index (χ4v) is 3.01. The first-order chi connectivity index (χ1) is 14.6. The van der Waals surface area contributed by atoms with Gasteiger partial charge in [-0.15, -0.1) is 5.75 Å². The summed E-state index contributed by atoms with van der Waals surface area (Å²) in [6.07, 6.45) is 23.8. The molecule has 1 aliphatic heterocycles. The zero-order valence-corrected chi connectivity index (χ0v) is 21.4. The van der Waals surface area contributed by atoms with Crippen molar-refractivity contribution in [2.24, 2.45) is 0 Å². The second-order valence-electron chi connectivity index (χ2n) is 7.53. The van der Waals surface area contributed by atoms with E-state index in [2.05, 4.69) is 13.0 Å². The Morgan fingerprint density at radius 2 is 1.45 bits per heavy atom. The maximum absolute atomic E-state index is 10.5. The summed E-state index contributed by atoms with van der Waals surface area (Å²) >= 11 is 0. The molecule has 166 valence electrons. The van der Waals surface area contributed by atoms with E-state index in [9.17, 15) is 9.90 Å². The molecule has 1 heterocycles. The molecule has 0 fully saturated rings. The molecule has 0 amide bonds. The Kier molecular flexibility index (Phi) is 19.4. The number of benzene rings is 1. The van der Waals surface area contributed by atoms with Crippen LogP contribution in [0.15, 0.2) is 66.2 Å². The Labute approximate surface area is 210 Å². The minimum absolute atomic E-state index is 0. The Bertz CT molecular complexity index is 665. The second kappa shape index (κ2) is 20.4. The molecule has 0 saturated heterocycles. The number of carboxylic acids is 1. The monoisotopic (exact) mass is 436 g/mol. The van der Waals surface area contributed by atoms with Crippen LogP contribution in [0.3, 0.4) is 0 Å². The van der Waals surface area contributed by atoms with Gasteiger partial charge in [0.2, 0.25) is 0 Å². The van der Waals surface area contributed by atoms with E-state index in [1.54, 1.807) is 18.2 Å². The van der Waals surface area contributed by atoms with Crippen LogP contribution in [0.4, 0.5) is 0 Å². The predicted octanol–water partition coefficient (Wildman–Crippen LogP) is 3.89. The number of hydrogen-bond acceptors (Lipinski definition) is 3. The van der Waals surface area contributed by atoms with Gasteiger partial charge in [0, 0.05) is 0 Å². The Morgan fingerprint density at radius 3 is 1.90 bits per heavy atom. The Balaban J connectivity index is 0.000000950. The van der Waals surface area contributed by atoms with Gasteiger partial charge in [-0.2, -0.15) is 0 Å². The third-order valence-corrected chi connectivity index (χ3v) is 4.80. The van der Waals surface area contributed by atoms with Crippen molar-refractivity contribution in [2.45, 2.75) is 84.0 Å². The van der Waals surface area contributed by atoms with Gasteiger partial charge in [-0.05, 0) is 18.9 Å². The summed E-state index contributed by atoms with van der Waals surface area (Å²) in [6.45, 7) is 2.26. The molecule has 4 nitrogen and oxygen atoms in total. The molecule has 1 aromatic rings. The van der Waals surface area contributed by atoms with Crippen LogP contribution >= 0.6 is 0 Å². The fraction of sp³-hybridized carbons (Fsp3) is 0.500. The average molecular weight is 437 g/mol. The van der Waals surface area contributed by atoms with Crippen molar-refractivity contribution in [3.8, 4) is 5.75 Å². The van der Waals surface area contributed by atoms with E-state index in [4.69, 9.17) is 9.84 Å².